The molecule has 8 heteroatoms. The smallest absolute Gasteiger partial charge is 0.252 e. The second-order valence-corrected chi connectivity index (χ2v) is 36.5. The van der Waals surface area contributed by atoms with Gasteiger partial charge in [0.15, 0.2) is 0 Å². The summed E-state index contributed by atoms with van der Waals surface area (Å²) in [6.45, 7) is 9.96. The third-order valence-corrected chi connectivity index (χ3v) is 28.3. The van der Waals surface area contributed by atoms with Crippen LogP contribution in [-0.2, 0) is 0 Å². The van der Waals surface area contributed by atoms with Gasteiger partial charge in [0.1, 0.15) is 16.1 Å². The van der Waals surface area contributed by atoms with Crippen molar-refractivity contribution in [2.24, 2.45) is 0 Å². The van der Waals surface area contributed by atoms with Crippen LogP contribution in [0.1, 0.15) is 0 Å². The van der Waals surface area contributed by atoms with Gasteiger partial charge >= 0.3 is 0 Å². The Hall–Kier alpha value is -11.5. The minimum Gasteiger partial charge on any atom is -0.311 e. The summed E-state index contributed by atoms with van der Waals surface area (Å²) in [5.41, 5.74) is 17.7. The molecule has 100 heavy (non-hydrogen) atoms. The van der Waals surface area contributed by atoms with Crippen LogP contribution < -0.4 is 56.7 Å². The summed E-state index contributed by atoms with van der Waals surface area (Å²) in [6.07, 6.45) is 0. The van der Waals surface area contributed by atoms with E-state index in [1.807, 2.05) is 0 Å². The van der Waals surface area contributed by atoms with Crippen molar-refractivity contribution >= 4 is 183 Å². The zero-order valence-electron chi connectivity index (χ0n) is 56.4. The van der Waals surface area contributed by atoms with Crippen molar-refractivity contribution in [2.45, 2.75) is 26.2 Å². The lowest BCUT2D eigenvalue weighted by Gasteiger charge is -2.45. The Kier molecular flexibility index (Phi) is 16.0. The van der Waals surface area contributed by atoms with Crippen LogP contribution in [0.4, 0.5) is 68.2 Å². The first-order chi connectivity index (χ1) is 49.1. The molecule has 16 aromatic rings. The first kappa shape index (κ1) is 62.1. The molecule has 478 valence electrons. The molecule has 0 amide bonds. The van der Waals surface area contributed by atoms with E-state index in [-0.39, 0.29) is 6.71 Å². The molecule has 2 aliphatic rings. The maximum Gasteiger partial charge on any atom is 0.252 e. The number of para-hydroxylation sites is 4. The maximum atomic E-state index is 7.90. The van der Waals surface area contributed by atoms with Crippen LogP contribution in [0.5, 0.6) is 0 Å². The van der Waals surface area contributed by atoms with E-state index in [9.17, 15) is 0 Å². The summed E-state index contributed by atoms with van der Waals surface area (Å²) in [5.74, 6) is 0. The summed E-state index contributed by atoms with van der Waals surface area (Å²) < 4.78 is 0. The molecule has 2 heterocycles. The Labute approximate surface area is 593 Å². The summed E-state index contributed by atoms with van der Waals surface area (Å²) in [5, 5.41) is 15.9. The van der Waals surface area contributed by atoms with Crippen molar-refractivity contribution in [3.05, 3.63) is 369 Å². The van der Waals surface area contributed by atoms with Crippen LogP contribution in [0.3, 0.4) is 0 Å². The van der Waals surface area contributed by atoms with Gasteiger partial charge in [-0.1, -0.05) is 338 Å². The number of hydrogen-bond donors (Lipinski definition) is 0. The van der Waals surface area contributed by atoms with E-state index in [0.717, 1.165) is 44.9 Å². The van der Waals surface area contributed by atoms with E-state index in [1.54, 1.807) is 0 Å². The minimum atomic E-state index is -2.26. The quantitative estimate of drug-likeness (QED) is 0.113. The molecular weight excluding hydrogens is 1260 g/mol. The number of anilines is 12. The van der Waals surface area contributed by atoms with Gasteiger partial charge in [-0.25, -0.2) is 0 Å². The molecular formula is C92H72BClN4Si2. The van der Waals surface area contributed by atoms with Crippen molar-refractivity contribution in [2.75, 3.05) is 19.6 Å². The highest BCUT2D eigenvalue weighted by Gasteiger charge is 2.46. The molecule has 0 radical (unpaired) electrons. The fourth-order valence-electron chi connectivity index (χ4n) is 15.7. The lowest BCUT2D eigenvalue weighted by atomic mass is 9.33. The highest BCUT2D eigenvalue weighted by Crippen LogP contribution is 2.51. The molecule has 0 atom stereocenters. The first-order valence-electron chi connectivity index (χ1n) is 34.6. The van der Waals surface area contributed by atoms with Gasteiger partial charge in [0.25, 0.3) is 6.71 Å². The Morgan fingerprint density at radius 3 is 0.980 bits per heavy atom. The van der Waals surface area contributed by atoms with E-state index < -0.39 is 16.1 Å². The highest BCUT2D eigenvalue weighted by atomic mass is 35.5. The van der Waals surface area contributed by atoms with Gasteiger partial charge in [0.2, 0.25) is 0 Å². The summed E-state index contributed by atoms with van der Waals surface area (Å²) in [6, 6.07) is 133. The van der Waals surface area contributed by atoms with Crippen LogP contribution in [0.25, 0.3) is 43.1 Å². The van der Waals surface area contributed by atoms with Crippen molar-refractivity contribution in [3.8, 4) is 0 Å². The molecule has 0 fully saturated rings. The highest BCUT2D eigenvalue weighted by molar-refractivity contribution is 7.03. The molecule has 0 saturated heterocycles. The van der Waals surface area contributed by atoms with Gasteiger partial charge in [-0.2, -0.15) is 0 Å². The average Bonchev–Trinajstić information content (AvgIpc) is 0.687. The van der Waals surface area contributed by atoms with Gasteiger partial charge in [-0.05, 0) is 123 Å². The zero-order chi connectivity index (χ0) is 67.5. The van der Waals surface area contributed by atoms with Gasteiger partial charge in [0, 0.05) is 67.0 Å². The fraction of sp³-hybridized carbons (Fsp3) is 0.0435. The van der Waals surface area contributed by atoms with E-state index in [0.29, 0.717) is 5.02 Å². The van der Waals surface area contributed by atoms with Gasteiger partial charge in [-0.3, -0.25) is 0 Å². The molecule has 18 rings (SSSR count). The van der Waals surface area contributed by atoms with Crippen molar-refractivity contribution < 1.29 is 0 Å². The number of fused-ring (bicyclic) bond motifs is 10. The van der Waals surface area contributed by atoms with Gasteiger partial charge in [0.05, 0.1) is 27.8 Å². The number of halogens is 1. The molecule has 0 bridgehead atoms. The molecule has 0 aromatic heterocycles. The third-order valence-electron chi connectivity index (χ3n) is 20.9. The van der Waals surface area contributed by atoms with Crippen molar-refractivity contribution in [3.63, 3.8) is 0 Å². The van der Waals surface area contributed by atoms with Crippen LogP contribution in [-0.4, -0.2) is 22.9 Å². The second kappa shape index (κ2) is 25.8. The molecule has 0 N–H and O–H groups in total. The third kappa shape index (κ3) is 10.8. The normalized spacial score (nSPS) is 12.4. The van der Waals surface area contributed by atoms with E-state index in [1.165, 1.54) is 104 Å². The predicted octanol–water partition coefficient (Wildman–Crippen LogP) is 21.3. The van der Waals surface area contributed by atoms with E-state index in [2.05, 4.69) is 410 Å². The van der Waals surface area contributed by atoms with Crippen LogP contribution in [0.15, 0.2) is 364 Å². The van der Waals surface area contributed by atoms with Gasteiger partial charge < -0.3 is 19.6 Å². The lowest BCUT2D eigenvalue weighted by Crippen LogP contribution is -2.63. The number of nitrogens with zero attached hydrogens (tertiary/aromatic N) is 4. The van der Waals surface area contributed by atoms with Crippen LogP contribution in [0.2, 0.25) is 31.2 Å². The molecule has 0 aliphatic carbocycles. The molecule has 0 saturated carbocycles. The first-order valence-corrected chi connectivity index (χ1v) is 41.0. The lowest BCUT2D eigenvalue weighted by molar-refractivity contribution is 1.26. The topological polar surface area (TPSA) is 13.0 Å². The van der Waals surface area contributed by atoms with Crippen LogP contribution in [0, 0.1) is 0 Å². The average molecular weight is 1340 g/mol. The fourth-order valence-corrected chi connectivity index (χ4v) is 20.7. The Morgan fingerprint density at radius 1 is 0.280 bits per heavy atom. The monoisotopic (exact) mass is 1330 g/mol. The molecule has 0 spiro atoms. The second-order valence-electron chi connectivity index (χ2n) is 27.3. The summed E-state index contributed by atoms with van der Waals surface area (Å²) in [7, 11) is -4.42. The van der Waals surface area contributed by atoms with E-state index in [4.69, 9.17) is 11.6 Å². The van der Waals surface area contributed by atoms with E-state index >= 15 is 0 Å². The number of rotatable bonds is 12. The standard InChI is InChI=1S/C46H35BN2Si.C46H37ClN2Si/c1-50(2,36-22-10-5-11-23-36)37-30-42-44-43(31-37)49(35-20-8-4-9-21-35)46-39-25-15-13-17-33(39)27-29-41(46)47(44)40-28-26-32-16-12-14-24-38(32)45(40)48(42)34-18-6-3-7-19-34;1-50(2,38-26-10-5-11-27-38)39-32-44(48(36-22-6-3-7-23-36)42-30-16-20-34-18-12-14-28-40(34)42)46(47)45(33-39)49(37-24-8-4-9-25-37)43-31-17-21-35-19-13-15-29-41(35)43/h3-31H,1-2H3;3-33H,1-2H3. The SMILES string of the molecule is C[Si](C)(c1ccccc1)c1cc(N(c2ccccc2)c2cccc3ccccc23)c(Cl)c(N(c2ccccc2)c2cccc3ccccc23)c1.C[Si](C)(c1ccccc1)c1cc2c3c(c1)N(c1ccccc1)c1c(ccc4ccccc14)B3c1ccc3ccccc3c1N2c1ccccc1. The molecule has 4 nitrogen and oxygen atoms in total. The summed E-state index contributed by atoms with van der Waals surface area (Å²) >= 11 is 7.90. The number of hydrogen-bond acceptors (Lipinski definition) is 4. The van der Waals surface area contributed by atoms with Crippen LogP contribution >= 0.6 is 11.6 Å². The van der Waals surface area contributed by atoms with Gasteiger partial charge in [-0.15, -0.1) is 0 Å². The Balaban J connectivity index is 0.000000150. The Morgan fingerprint density at radius 2 is 0.590 bits per heavy atom. The summed E-state index contributed by atoms with van der Waals surface area (Å²) in [4.78, 5) is 9.83. The van der Waals surface area contributed by atoms with Crippen molar-refractivity contribution in [1.82, 2.24) is 0 Å². The zero-order valence-corrected chi connectivity index (χ0v) is 59.1. The number of benzene rings is 16. The minimum absolute atomic E-state index is 0.0645. The molecule has 0 unspecified atom stereocenters. The Bertz CT molecular complexity index is 5370. The maximum absolute atomic E-state index is 7.90. The molecule has 2 aliphatic heterocycles. The largest absolute Gasteiger partial charge is 0.311 e. The predicted molar refractivity (Wildman–Crippen MR) is 438 cm³/mol. The van der Waals surface area contributed by atoms with Crippen molar-refractivity contribution in [1.29, 1.82) is 0 Å². The molecule has 16 aromatic carbocycles.